The lowest BCUT2D eigenvalue weighted by Crippen LogP contribution is -2.49. The molecule has 2 N–H and O–H groups in total. The Bertz CT molecular complexity index is 760. The number of hydrogen-bond acceptors (Lipinski definition) is 3. The monoisotopic (exact) mass is 393 g/mol. The lowest BCUT2D eigenvalue weighted by Gasteiger charge is -2.45. The molecule has 0 aromatic heterocycles. The summed E-state index contributed by atoms with van der Waals surface area (Å²) in [6.07, 6.45) is 4.94. The van der Waals surface area contributed by atoms with Gasteiger partial charge in [0.05, 0.1) is 7.11 Å². The van der Waals surface area contributed by atoms with Gasteiger partial charge in [-0.2, -0.15) is 0 Å². The van der Waals surface area contributed by atoms with E-state index in [9.17, 15) is 5.11 Å². The molecule has 2 aromatic rings. The molecule has 1 aliphatic heterocycles. The standard InChI is InChI=1S/C26H35NO2/c1-18(20-6-4-3-5-7-20)26(21-8-11-24(29-2)12-9-21)22-10-13-25-23(15-22)14-19(17-28)16-27-25/h3-9,11-12,18-19,22-23,25-28H,10,13-17H2,1-2H3/t18?,19-,22+,23+,25+,26+/m1/s1. The molecule has 0 amide bonds. The third kappa shape index (κ3) is 4.51. The van der Waals surface area contributed by atoms with Crippen molar-refractivity contribution < 1.29 is 9.84 Å². The predicted molar refractivity (Wildman–Crippen MR) is 118 cm³/mol. The van der Waals surface area contributed by atoms with Crippen molar-refractivity contribution in [2.75, 3.05) is 20.3 Å². The van der Waals surface area contributed by atoms with E-state index in [1.165, 1.54) is 36.8 Å². The highest BCUT2D eigenvalue weighted by Gasteiger charge is 2.39. The summed E-state index contributed by atoms with van der Waals surface area (Å²) in [4.78, 5) is 0. The Morgan fingerprint density at radius 2 is 1.76 bits per heavy atom. The van der Waals surface area contributed by atoms with Crippen molar-refractivity contribution >= 4 is 0 Å². The van der Waals surface area contributed by atoms with E-state index >= 15 is 0 Å². The molecule has 2 aromatic carbocycles. The first kappa shape index (κ1) is 20.4. The zero-order chi connectivity index (χ0) is 20.2. The molecule has 4 rings (SSSR count). The van der Waals surface area contributed by atoms with Gasteiger partial charge in [-0.25, -0.2) is 0 Å². The minimum Gasteiger partial charge on any atom is -0.497 e. The summed E-state index contributed by atoms with van der Waals surface area (Å²) in [5.74, 6) is 3.66. The normalized spacial score (nSPS) is 28.9. The highest BCUT2D eigenvalue weighted by molar-refractivity contribution is 5.33. The Hall–Kier alpha value is -1.84. The first-order valence-electron chi connectivity index (χ1n) is 11.2. The number of fused-ring (bicyclic) bond motifs is 1. The van der Waals surface area contributed by atoms with Crippen LogP contribution in [0.25, 0.3) is 0 Å². The number of rotatable bonds is 6. The van der Waals surface area contributed by atoms with Gasteiger partial charge >= 0.3 is 0 Å². The Labute approximate surface area is 175 Å². The van der Waals surface area contributed by atoms with Gasteiger partial charge in [-0.3, -0.25) is 0 Å². The van der Waals surface area contributed by atoms with Gasteiger partial charge in [0.15, 0.2) is 0 Å². The summed E-state index contributed by atoms with van der Waals surface area (Å²) < 4.78 is 5.40. The zero-order valence-corrected chi connectivity index (χ0v) is 17.8. The fraction of sp³-hybridized carbons (Fsp3) is 0.538. The Balaban J connectivity index is 1.61. The van der Waals surface area contributed by atoms with Crippen LogP contribution in [0.5, 0.6) is 5.75 Å². The van der Waals surface area contributed by atoms with E-state index in [1.807, 2.05) is 0 Å². The minimum atomic E-state index is 0.309. The molecule has 156 valence electrons. The molecule has 0 radical (unpaired) electrons. The number of methoxy groups -OCH3 is 1. The van der Waals surface area contributed by atoms with Crippen molar-refractivity contribution in [2.24, 2.45) is 17.8 Å². The van der Waals surface area contributed by atoms with Crippen molar-refractivity contribution in [1.29, 1.82) is 0 Å². The van der Waals surface area contributed by atoms with Gasteiger partial charge < -0.3 is 15.2 Å². The van der Waals surface area contributed by atoms with E-state index in [4.69, 9.17) is 4.74 Å². The van der Waals surface area contributed by atoms with E-state index in [0.29, 0.717) is 42.2 Å². The molecule has 2 aliphatic rings. The van der Waals surface area contributed by atoms with Gasteiger partial charge in [-0.05, 0) is 78.5 Å². The summed E-state index contributed by atoms with van der Waals surface area (Å²) in [6.45, 7) is 3.68. The molecule has 29 heavy (non-hydrogen) atoms. The predicted octanol–water partition coefficient (Wildman–Crippen LogP) is 4.97. The van der Waals surface area contributed by atoms with Crippen LogP contribution in [0, 0.1) is 17.8 Å². The molecular formula is C26H35NO2. The van der Waals surface area contributed by atoms with Crippen LogP contribution in [0.15, 0.2) is 54.6 Å². The van der Waals surface area contributed by atoms with Gasteiger partial charge in [0.2, 0.25) is 0 Å². The third-order valence-corrected chi connectivity index (χ3v) is 7.46. The summed E-state index contributed by atoms with van der Waals surface area (Å²) in [6, 6.07) is 20.4. The third-order valence-electron chi connectivity index (χ3n) is 7.46. The fourth-order valence-electron chi connectivity index (χ4n) is 5.88. The maximum Gasteiger partial charge on any atom is 0.118 e. The van der Waals surface area contributed by atoms with E-state index in [1.54, 1.807) is 7.11 Å². The largest absolute Gasteiger partial charge is 0.497 e. The number of piperidine rings is 1. The number of benzene rings is 2. The second-order valence-electron chi connectivity index (χ2n) is 9.13. The average Bonchev–Trinajstić information content (AvgIpc) is 2.79. The van der Waals surface area contributed by atoms with Crippen molar-refractivity contribution in [2.45, 2.75) is 50.5 Å². The molecule has 3 nitrogen and oxygen atoms in total. The van der Waals surface area contributed by atoms with Crippen LogP contribution >= 0.6 is 0 Å². The molecule has 3 heteroatoms. The summed E-state index contributed by atoms with van der Waals surface area (Å²) in [5, 5.41) is 13.4. The summed E-state index contributed by atoms with van der Waals surface area (Å²) >= 11 is 0. The highest BCUT2D eigenvalue weighted by Crippen LogP contribution is 2.47. The van der Waals surface area contributed by atoms with Crippen LogP contribution in [0.1, 0.15) is 55.6 Å². The molecular weight excluding hydrogens is 358 g/mol. The topological polar surface area (TPSA) is 41.5 Å². The van der Waals surface area contributed by atoms with Crippen molar-refractivity contribution in [3.63, 3.8) is 0 Å². The van der Waals surface area contributed by atoms with Crippen molar-refractivity contribution in [3.05, 3.63) is 65.7 Å². The molecule has 1 aliphatic carbocycles. The quantitative estimate of drug-likeness (QED) is 0.728. The molecule has 0 spiro atoms. The van der Waals surface area contributed by atoms with Crippen LogP contribution in [0.4, 0.5) is 0 Å². The fourth-order valence-corrected chi connectivity index (χ4v) is 5.88. The number of aliphatic hydroxyl groups excluding tert-OH is 1. The number of nitrogens with one attached hydrogen (secondary N) is 1. The maximum atomic E-state index is 9.67. The maximum absolute atomic E-state index is 9.67. The van der Waals surface area contributed by atoms with Crippen molar-refractivity contribution in [3.8, 4) is 5.75 Å². The van der Waals surface area contributed by atoms with Gasteiger partial charge in [0.25, 0.3) is 0 Å². The summed E-state index contributed by atoms with van der Waals surface area (Å²) in [7, 11) is 1.73. The number of ether oxygens (including phenoxy) is 1. The van der Waals surface area contributed by atoms with Crippen LogP contribution in [0.2, 0.25) is 0 Å². The molecule has 1 saturated carbocycles. The number of aliphatic hydroxyl groups is 1. The van der Waals surface area contributed by atoms with E-state index < -0.39 is 0 Å². The van der Waals surface area contributed by atoms with Crippen LogP contribution < -0.4 is 10.1 Å². The number of hydrogen-bond donors (Lipinski definition) is 2. The Kier molecular flexibility index (Phi) is 6.56. The SMILES string of the molecule is COc1ccc([C@H](C(C)c2ccccc2)[C@H]2CC[C@@H]3NC[C@H](CO)C[C@H]3C2)cc1. The Morgan fingerprint density at radius 1 is 1.00 bits per heavy atom. The lowest BCUT2D eigenvalue weighted by molar-refractivity contribution is 0.0890. The molecule has 6 atom stereocenters. The van der Waals surface area contributed by atoms with Gasteiger partial charge in [-0.1, -0.05) is 49.4 Å². The van der Waals surface area contributed by atoms with Crippen molar-refractivity contribution in [1.82, 2.24) is 5.32 Å². The van der Waals surface area contributed by atoms with Crippen LogP contribution in [0.3, 0.4) is 0 Å². The van der Waals surface area contributed by atoms with E-state index in [-0.39, 0.29) is 0 Å². The lowest BCUT2D eigenvalue weighted by atomic mass is 9.64. The van der Waals surface area contributed by atoms with E-state index in [2.05, 4.69) is 66.8 Å². The molecule has 2 fully saturated rings. The highest BCUT2D eigenvalue weighted by atomic mass is 16.5. The van der Waals surface area contributed by atoms with Gasteiger partial charge in [-0.15, -0.1) is 0 Å². The first-order valence-corrected chi connectivity index (χ1v) is 11.2. The average molecular weight is 394 g/mol. The molecule has 0 bridgehead atoms. The Morgan fingerprint density at radius 3 is 2.45 bits per heavy atom. The van der Waals surface area contributed by atoms with Crippen LogP contribution in [-0.4, -0.2) is 31.4 Å². The molecule has 1 saturated heterocycles. The molecule has 1 unspecified atom stereocenters. The smallest absolute Gasteiger partial charge is 0.118 e. The van der Waals surface area contributed by atoms with E-state index in [0.717, 1.165) is 12.3 Å². The molecule has 1 heterocycles. The van der Waals surface area contributed by atoms with Crippen LogP contribution in [-0.2, 0) is 0 Å². The zero-order valence-electron chi connectivity index (χ0n) is 17.8. The second-order valence-corrected chi connectivity index (χ2v) is 9.13. The first-order chi connectivity index (χ1) is 14.2. The second kappa shape index (κ2) is 9.32. The summed E-state index contributed by atoms with van der Waals surface area (Å²) in [5.41, 5.74) is 2.85. The van der Waals surface area contributed by atoms with Gasteiger partial charge in [0.1, 0.15) is 5.75 Å². The van der Waals surface area contributed by atoms with Gasteiger partial charge in [0, 0.05) is 19.2 Å². The minimum absolute atomic E-state index is 0.309.